The van der Waals surface area contributed by atoms with Gasteiger partial charge in [-0.2, -0.15) is 4.98 Å². The zero-order valence-corrected chi connectivity index (χ0v) is 23.3. The van der Waals surface area contributed by atoms with E-state index in [1.165, 1.54) is 16.7 Å². The summed E-state index contributed by atoms with van der Waals surface area (Å²) in [6.07, 6.45) is -0.0674. The predicted molar refractivity (Wildman–Crippen MR) is 158 cm³/mol. The molecule has 2 aromatic carbocycles. The molecular formula is C29H35F3N8O2. The van der Waals surface area contributed by atoms with E-state index in [9.17, 15) is 18.0 Å². The van der Waals surface area contributed by atoms with Crippen molar-refractivity contribution < 1.29 is 17.9 Å². The molecule has 4 aromatic rings. The zero-order chi connectivity index (χ0) is 30.1. The number of guanidine groups is 1. The quantitative estimate of drug-likeness (QED) is 0.0865. The van der Waals surface area contributed by atoms with Gasteiger partial charge in [-0.1, -0.05) is 12.1 Å². The topological polar surface area (TPSA) is 148 Å². The van der Waals surface area contributed by atoms with Crippen molar-refractivity contribution in [1.29, 1.82) is 0 Å². The molecule has 10 nitrogen and oxygen atoms in total. The summed E-state index contributed by atoms with van der Waals surface area (Å²) in [5.41, 5.74) is 13.9. The second kappa shape index (κ2) is 14.0. The maximum atomic E-state index is 13.0. The molecule has 0 aliphatic heterocycles. The van der Waals surface area contributed by atoms with E-state index < -0.39 is 12.1 Å². The average molecular weight is 585 g/mol. The molecule has 2 aromatic heterocycles. The van der Waals surface area contributed by atoms with E-state index in [1.807, 2.05) is 37.4 Å². The summed E-state index contributed by atoms with van der Waals surface area (Å²) >= 11 is 0. The van der Waals surface area contributed by atoms with E-state index in [1.54, 1.807) is 12.3 Å². The van der Waals surface area contributed by atoms with Crippen molar-refractivity contribution in [1.82, 2.24) is 25.2 Å². The number of halogens is 3. The van der Waals surface area contributed by atoms with Gasteiger partial charge in [-0.05, 0) is 93.3 Å². The summed E-state index contributed by atoms with van der Waals surface area (Å²) in [7, 11) is 1.85. The molecule has 7 N–H and O–H groups in total. The van der Waals surface area contributed by atoms with Gasteiger partial charge in [0, 0.05) is 35.9 Å². The number of unbranched alkanes of at least 4 members (excludes halogenated alkanes) is 1. The highest BCUT2D eigenvalue weighted by Crippen LogP contribution is 2.31. The second-order valence-corrected chi connectivity index (χ2v) is 9.86. The molecule has 0 saturated carbocycles. The number of aliphatic imine (C=N–C) groups is 1. The van der Waals surface area contributed by atoms with Crippen LogP contribution in [0.2, 0.25) is 0 Å². The van der Waals surface area contributed by atoms with Gasteiger partial charge in [-0.15, -0.1) is 13.2 Å². The highest BCUT2D eigenvalue weighted by Gasteiger charge is 2.31. The van der Waals surface area contributed by atoms with Gasteiger partial charge in [0.2, 0.25) is 0 Å². The van der Waals surface area contributed by atoms with Crippen molar-refractivity contribution in [3.8, 4) is 22.7 Å². The Hall–Kier alpha value is -4.36. The summed E-state index contributed by atoms with van der Waals surface area (Å²) < 4.78 is 44.8. The molecule has 4 rings (SSSR count). The molecule has 13 heteroatoms. The fourth-order valence-electron chi connectivity index (χ4n) is 4.54. The van der Waals surface area contributed by atoms with Gasteiger partial charge < -0.3 is 31.8 Å². The van der Waals surface area contributed by atoms with Crippen LogP contribution in [-0.2, 0) is 13.0 Å². The summed E-state index contributed by atoms with van der Waals surface area (Å²) in [6, 6.07) is 13.8. The molecule has 0 aliphatic rings. The Balaban J connectivity index is 1.53. The third kappa shape index (κ3) is 8.82. The fourth-order valence-corrected chi connectivity index (χ4v) is 4.54. The standard InChI is InChI=1S/C29H35F3N8O2/c1-35-10-3-2-5-20-13-21(15-24(14-20)42-29(30,31)32)25-16-22-18-40(28(41)39-26(22)38-25)23-8-6-19(7-9-23)17-36-11-4-12-37-27(33)34/h6-9,13-16,18,35-36H,2-5,10-12,17H2,1H3,(H4,33,34,37)(H,38,39,41). The van der Waals surface area contributed by atoms with Crippen LogP contribution >= 0.6 is 0 Å². The molecule has 224 valence electrons. The smallest absolute Gasteiger partial charge is 0.406 e. The van der Waals surface area contributed by atoms with Gasteiger partial charge in [0.1, 0.15) is 11.4 Å². The Morgan fingerprint density at radius 1 is 1.05 bits per heavy atom. The van der Waals surface area contributed by atoms with Crippen LogP contribution in [0.25, 0.3) is 28.0 Å². The second-order valence-electron chi connectivity index (χ2n) is 9.86. The van der Waals surface area contributed by atoms with E-state index in [2.05, 4.69) is 30.3 Å². The van der Waals surface area contributed by atoms with Gasteiger partial charge in [0.15, 0.2) is 5.96 Å². The lowest BCUT2D eigenvalue weighted by Crippen LogP contribution is -2.23. The van der Waals surface area contributed by atoms with Crippen LogP contribution in [0.4, 0.5) is 13.2 Å². The van der Waals surface area contributed by atoms with E-state index in [4.69, 9.17) is 11.5 Å². The van der Waals surface area contributed by atoms with Crippen molar-refractivity contribution in [2.24, 2.45) is 16.5 Å². The summed E-state index contributed by atoms with van der Waals surface area (Å²) in [5.74, 6) is -0.215. The first-order chi connectivity index (χ1) is 20.1. The lowest BCUT2D eigenvalue weighted by atomic mass is 10.0. The molecule has 42 heavy (non-hydrogen) atoms. The number of aromatic nitrogens is 3. The van der Waals surface area contributed by atoms with E-state index in [-0.39, 0.29) is 11.7 Å². The number of nitrogens with one attached hydrogen (secondary N) is 3. The van der Waals surface area contributed by atoms with Gasteiger partial charge in [0.05, 0.1) is 5.69 Å². The molecule has 0 fully saturated rings. The number of H-pyrrole nitrogens is 1. The van der Waals surface area contributed by atoms with Crippen LogP contribution in [0.15, 0.2) is 64.5 Å². The van der Waals surface area contributed by atoms with Crippen LogP contribution in [0.5, 0.6) is 5.75 Å². The van der Waals surface area contributed by atoms with Crippen molar-refractivity contribution >= 4 is 17.0 Å². The van der Waals surface area contributed by atoms with Crippen molar-refractivity contribution in [2.45, 2.75) is 38.6 Å². The molecule has 0 bridgehead atoms. The largest absolute Gasteiger partial charge is 0.573 e. The maximum absolute atomic E-state index is 13.0. The van der Waals surface area contributed by atoms with Crippen LogP contribution < -0.4 is 32.5 Å². The number of benzene rings is 2. The SMILES string of the molecule is CNCCCCc1cc(OC(F)(F)F)cc(-c2cc3cn(-c4ccc(CNCCCN=C(N)N)cc4)c(=O)nc3[nH]2)c1. The zero-order valence-electron chi connectivity index (χ0n) is 23.3. The lowest BCUT2D eigenvalue weighted by molar-refractivity contribution is -0.274. The Morgan fingerprint density at radius 3 is 2.55 bits per heavy atom. The summed E-state index contributed by atoms with van der Waals surface area (Å²) in [4.78, 5) is 24.1. The van der Waals surface area contributed by atoms with Gasteiger partial charge in [0.25, 0.3) is 0 Å². The van der Waals surface area contributed by atoms with Crippen molar-refractivity contribution in [3.05, 3.63) is 76.3 Å². The number of fused-ring (bicyclic) bond motifs is 1. The molecule has 0 radical (unpaired) electrons. The highest BCUT2D eigenvalue weighted by atomic mass is 19.4. The van der Waals surface area contributed by atoms with Gasteiger partial charge in [-0.3, -0.25) is 9.56 Å². The number of aryl methyl sites for hydroxylation is 1. The maximum Gasteiger partial charge on any atom is 0.573 e. The Labute approximate surface area is 241 Å². The van der Waals surface area contributed by atoms with Crippen LogP contribution in [0.1, 0.15) is 30.4 Å². The predicted octanol–water partition coefficient (Wildman–Crippen LogP) is 3.57. The molecule has 0 unspecified atom stereocenters. The molecule has 0 aliphatic carbocycles. The number of aromatic amines is 1. The first-order valence-corrected chi connectivity index (χ1v) is 13.6. The molecule has 0 saturated heterocycles. The molecule has 2 heterocycles. The normalized spacial score (nSPS) is 11.6. The number of alkyl halides is 3. The minimum atomic E-state index is -4.81. The molecular weight excluding hydrogens is 549 g/mol. The van der Waals surface area contributed by atoms with Crippen molar-refractivity contribution in [2.75, 3.05) is 26.7 Å². The number of rotatable bonds is 14. The third-order valence-corrected chi connectivity index (χ3v) is 6.51. The third-order valence-electron chi connectivity index (χ3n) is 6.51. The minimum Gasteiger partial charge on any atom is -0.406 e. The number of hydrogen-bond acceptors (Lipinski definition) is 6. The van der Waals surface area contributed by atoms with Crippen LogP contribution in [0.3, 0.4) is 0 Å². The molecule has 0 spiro atoms. The molecule has 0 amide bonds. The summed E-state index contributed by atoms with van der Waals surface area (Å²) in [6.45, 7) is 2.76. The van der Waals surface area contributed by atoms with Gasteiger partial charge in [-0.25, -0.2) is 4.79 Å². The van der Waals surface area contributed by atoms with E-state index >= 15 is 0 Å². The Morgan fingerprint density at radius 2 is 1.83 bits per heavy atom. The Bertz CT molecular complexity index is 1560. The molecule has 0 atom stereocenters. The number of ether oxygens (including phenoxy) is 1. The van der Waals surface area contributed by atoms with Crippen molar-refractivity contribution in [3.63, 3.8) is 0 Å². The first-order valence-electron chi connectivity index (χ1n) is 13.6. The van der Waals surface area contributed by atoms with E-state index in [0.29, 0.717) is 47.5 Å². The number of nitrogens with zero attached hydrogens (tertiary/aromatic N) is 3. The number of hydrogen-bond donors (Lipinski definition) is 5. The lowest BCUT2D eigenvalue weighted by Gasteiger charge is -2.12. The highest BCUT2D eigenvalue weighted by molar-refractivity contribution is 5.83. The van der Waals surface area contributed by atoms with Crippen LogP contribution in [0, 0.1) is 0 Å². The average Bonchev–Trinajstić information content (AvgIpc) is 3.35. The Kier molecular flexibility index (Phi) is 10.2. The fraction of sp³-hybridized carbons (Fsp3) is 0.345. The monoisotopic (exact) mass is 584 g/mol. The van der Waals surface area contributed by atoms with Crippen LogP contribution in [-0.4, -0.2) is 53.5 Å². The van der Waals surface area contributed by atoms with Gasteiger partial charge >= 0.3 is 12.1 Å². The van der Waals surface area contributed by atoms with E-state index in [0.717, 1.165) is 43.5 Å². The summed E-state index contributed by atoms with van der Waals surface area (Å²) in [5, 5.41) is 7.01. The number of nitrogens with two attached hydrogens (primary N) is 2. The first kappa shape index (κ1) is 30.6. The minimum absolute atomic E-state index is 0.0783.